The van der Waals surface area contributed by atoms with E-state index in [9.17, 15) is 13.2 Å². The molecule has 2 aromatic rings. The normalized spacial score (nSPS) is 11.2. The van der Waals surface area contributed by atoms with Crippen LogP contribution in [0.3, 0.4) is 0 Å². The summed E-state index contributed by atoms with van der Waals surface area (Å²) in [5, 5.41) is 3.11. The number of carbonyl (C=O) groups is 1. The third kappa shape index (κ3) is 6.42. The van der Waals surface area contributed by atoms with Gasteiger partial charge in [0, 0.05) is 10.7 Å². The molecule has 0 aliphatic heterocycles. The van der Waals surface area contributed by atoms with Gasteiger partial charge in [-0.05, 0) is 42.7 Å². The first-order valence-electron chi connectivity index (χ1n) is 7.24. The molecule has 1 amide bonds. The van der Waals surface area contributed by atoms with E-state index in [1.54, 1.807) is 24.3 Å². The second-order valence-corrected chi connectivity index (χ2v) is 7.86. The number of amides is 1. The van der Waals surface area contributed by atoms with Gasteiger partial charge in [-0.2, -0.15) is 0 Å². The minimum atomic E-state index is -3.42. The zero-order chi connectivity index (χ0) is 16.7. The topological polar surface area (TPSA) is 63.2 Å². The van der Waals surface area contributed by atoms with E-state index in [2.05, 4.69) is 5.32 Å². The van der Waals surface area contributed by atoms with Gasteiger partial charge in [0.05, 0.1) is 5.75 Å². The minimum Gasteiger partial charge on any atom is -0.325 e. The highest BCUT2D eigenvalue weighted by molar-refractivity contribution is 7.92. The first kappa shape index (κ1) is 17.5. The lowest BCUT2D eigenvalue weighted by Gasteiger charge is -2.07. The number of carbonyl (C=O) groups excluding carboxylic acids is 1. The summed E-state index contributed by atoms with van der Waals surface area (Å²) in [4.78, 5) is 11.8. The fraction of sp³-hybridized carbons (Fsp3) is 0.235. The molecular formula is C17H18ClNO3S. The third-order valence-electron chi connectivity index (χ3n) is 3.24. The van der Waals surface area contributed by atoms with Gasteiger partial charge in [0.2, 0.25) is 5.91 Å². The van der Waals surface area contributed by atoms with E-state index in [0.717, 1.165) is 5.56 Å². The minimum absolute atomic E-state index is 0.00404. The highest BCUT2D eigenvalue weighted by Crippen LogP contribution is 2.13. The maximum atomic E-state index is 12.0. The maximum Gasteiger partial charge on any atom is 0.239 e. The third-order valence-corrected chi connectivity index (χ3v) is 5.11. The Hall–Kier alpha value is -1.85. The molecule has 0 spiro atoms. The molecule has 0 heterocycles. The van der Waals surface area contributed by atoms with E-state index >= 15 is 0 Å². The highest BCUT2D eigenvalue weighted by Gasteiger charge is 2.16. The number of sulfone groups is 1. The summed E-state index contributed by atoms with van der Waals surface area (Å²) in [7, 11) is -3.42. The molecule has 0 saturated carbocycles. The smallest absolute Gasteiger partial charge is 0.239 e. The van der Waals surface area contributed by atoms with E-state index in [4.69, 9.17) is 11.6 Å². The molecule has 122 valence electrons. The molecule has 23 heavy (non-hydrogen) atoms. The van der Waals surface area contributed by atoms with Crippen LogP contribution in [0.15, 0.2) is 54.6 Å². The van der Waals surface area contributed by atoms with Crippen LogP contribution in [0.2, 0.25) is 5.02 Å². The van der Waals surface area contributed by atoms with Crippen LogP contribution in [-0.2, 0) is 21.1 Å². The van der Waals surface area contributed by atoms with E-state index < -0.39 is 21.5 Å². The Morgan fingerprint density at radius 2 is 1.65 bits per heavy atom. The van der Waals surface area contributed by atoms with Gasteiger partial charge in [0.15, 0.2) is 9.84 Å². The van der Waals surface area contributed by atoms with E-state index in [-0.39, 0.29) is 5.75 Å². The average molecular weight is 352 g/mol. The predicted molar refractivity (Wildman–Crippen MR) is 93.5 cm³/mol. The van der Waals surface area contributed by atoms with Gasteiger partial charge < -0.3 is 5.32 Å². The largest absolute Gasteiger partial charge is 0.325 e. The Morgan fingerprint density at radius 1 is 1.00 bits per heavy atom. The molecule has 2 rings (SSSR count). The first-order valence-corrected chi connectivity index (χ1v) is 9.44. The Morgan fingerprint density at radius 3 is 2.30 bits per heavy atom. The molecular weight excluding hydrogens is 334 g/mol. The van der Waals surface area contributed by atoms with Crippen LogP contribution in [0.4, 0.5) is 5.69 Å². The molecule has 0 aromatic heterocycles. The van der Waals surface area contributed by atoms with E-state index in [1.165, 1.54) is 0 Å². The lowest BCUT2D eigenvalue weighted by Crippen LogP contribution is -2.24. The van der Waals surface area contributed by atoms with Crippen LogP contribution < -0.4 is 5.32 Å². The lowest BCUT2D eigenvalue weighted by molar-refractivity contribution is -0.113. The van der Waals surface area contributed by atoms with Gasteiger partial charge in [-0.15, -0.1) is 0 Å². The van der Waals surface area contributed by atoms with Crippen molar-refractivity contribution in [2.75, 3.05) is 16.8 Å². The Bertz CT molecular complexity index is 743. The summed E-state index contributed by atoms with van der Waals surface area (Å²) in [6.45, 7) is 0. The Kier molecular flexibility index (Phi) is 6.19. The molecule has 0 aliphatic rings. The predicted octanol–water partition coefficient (Wildman–Crippen LogP) is 3.33. The number of hydrogen-bond acceptors (Lipinski definition) is 3. The summed E-state index contributed by atoms with van der Waals surface area (Å²) in [6.07, 6.45) is 1.18. The quantitative estimate of drug-likeness (QED) is 0.832. The number of aryl methyl sites for hydroxylation is 1. The van der Waals surface area contributed by atoms with Crippen LogP contribution in [0.1, 0.15) is 12.0 Å². The van der Waals surface area contributed by atoms with Gasteiger partial charge in [-0.25, -0.2) is 8.42 Å². The van der Waals surface area contributed by atoms with Gasteiger partial charge in [-0.1, -0.05) is 41.9 Å². The zero-order valence-corrected chi connectivity index (χ0v) is 14.1. The van der Waals surface area contributed by atoms with Crippen LogP contribution in [0.25, 0.3) is 0 Å². The number of nitrogens with one attached hydrogen (secondary N) is 1. The number of benzene rings is 2. The monoisotopic (exact) mass is 351 g/mol. The van der Waals surface area contributed by atoms with Crippen LogP contribution in [-0.4, -0.2) is 25.8 Å². The molecule has 0 radical (unpaired) electrons. The van der Waals surface area contributed by atoms with Crippen molar-refractivity contribution in [1.29, 1.82) is 0 Å². The first-order chi connectivity index (χ1) is 10.9. The number of rotatable bonds is 7. The molecule has 6 heteroatoms. The fourth-order valence-electron chi connectivity index (χ4n) is 2.14. The molecule has 0 bridgehead atoms. The van der Waals surface area contributed by atoms with Crippen molar-refractivity contribution in [3.8, 4) is 0 Å². The summed E-state index contributed by atoms with van der Waals surface area (Å²) in [6, 6.07) is 16.2. The SMILES string of the molecule is O=C(CS(=O)(=O)CCCc1ccccc1)Nc1ccc(Cl)cc1. The van der Waals surface area contributed by atoms with Gasteiger partial charge >= 0.3 is 0 Å². The Balaban J connectivity index is 1.80. The molecule has 0 fully saturated rings. The number of halogens is 1. The van der Waals surface area contributed by atoms with Crippen LogP contribution in [0.5, 0.6) is 0 Å². The fourth-order valence-corrected chi connectivity index (χ4v) is 3.47. The van der Waals surface area contributed by atoms with E-state index in [0.29, 0.717) is 23.6 Å². The van der Waals surface area contributed by atoms with Crippen LogP contribution >= 0.6 is 11.6 Å². The summed E-state index contributed by atoms with van der Waals surface area (Å²) in [5.41, 5.74) is 1.62. The molecule has 0 saturated heterocycles. The average Bonchev–Trinajstić information content (AvgIpc) is 2.50. The molecule has 1 N–H and O–H groups in total. The molecule has 0 unspecified atom stereocenters. The summed E-state index contributed by atoms with van der Waals surface area (Å²) >= 11 is 5.75. The highest BCUT2D eigenvalue weighted by atomic mass is 35.5. The van der Waals surface area contributed by atoms with Gasteiger partial charge in [0.25, 0.3) is 0 Å². The number of hydrogen-bond donors (Lipinski definition) is 1. The van der Waals surface area contributed by atoms with Crippen molar-refractivity contribution in [1.82, 2.24) is 0 Å². The standard InChI is InChI=1S/C17H18ClNO3S/c18-15-8-10-16(11-9-15)19-17(20)13-23(21,22)12-4-7-14-5-2-1-3-6-14/h1-3,5-6,8-11H,4,7,12-13H2,(H,19,20). The maximum absolute atomic E-state index is 12.0. The lowest BCUT2D eigenvalue weighted by atomic mass is 10.1. The van der Waals surface area contributed by atoms with Crippen molar-refractivity contribution in [3.63, 3.8) is 0 Å². The molecule has 0 aliphatic carbocycles. The van der Waals surface area contributed by atoms with Crippen molar-refractivity contribution >= 4 is 33.0 Å². The van der Waals surface area contributed by atoms with Crippen molar-refractivity contribution in [2.45, 2.75) is 12.8 Å². The number of anilines is 1. The Labute approximate surface area is 141 Å². The van der Waals surface area contributed by atoms with E-state index in [1.807, 2.05) is 30.3 Å². The van der Waals surface area contributed by atoms with Crippen molar-refractivity contribution in [3.05, 3.63) is 65.2 Å². The molecule has 2 aromatic carbocycles. The summed E-state index contributed by atoms with van der Waals surface area (Å²) < 4.78 is 24.0. The van der Waals surface area contributed by atoms with Crippen molar-refractivity contribution < 1.29 is 13.2 Å². The van der Waals surface area contributed by atoms with Gasteiger partial charge in [0.1, 0.15) is 5.75 Å². The second-order valence-electron chi connectivity index (χ2n) is 5.24. The molecule has 4 nitrogen and oxygen atoms in total. The summed E-state index contributed by atoms with van der Waals surface area (Å²) in [5.74, 6) is -1.05. The van der Waals surface area contributed by atoms with Crippen molar-refractivity contribution in [2.24, 2.45) is 0 Å². The molecule has 0 atom stereocenters. The zero-order valence-electron chi connectivity index (χ0n) is 12.5. The second kappa shape index (κ2) is 8.13. The van der Waals surface area contributed by atoms with Gasteiger partial charge in [-0.3, -0.25) is 4.79 Å². The van der Waals surface area contributed by atoms with Crippen LogP contribution in [0, 0.1) is 0 Å².